The zero-order valence-electron chi connectivity index (χ0n) is 17.3. The van der Waals surface area contributed by atoms with Gasteiger partial charge in [-0.3, -0.25) is 0 Å². The molecule has 0 bridgehead atoms. The summed E-state index contributed by atoms with van der Waals surface area (Å²) in [6, 6.07) is 8.26. The molecule has 0 atom stereocenters. The third-order valence-electron chi connectivity index (χ3n) is 5.91. The number of likely N-dealkylation sites (tertiary alicyclic amines) is 1. The number of nitrogens with two attached hydrogens (primary N) is 1. The van der Waals surface area contributed by atoms with E-state index in [1.807, 2.05) is 37.8 Å². The third-order valence-corrected chi connectivity index (χ3v) is 6.15. The summed E-state index contributed by atoms with van der Waals surface area (Å²) in [6.07, 6.45) is 4.45. The van der Waals surface area contributed by atoms with Gasteiger partial charge in [-0.15, -0.1) is 0 Å². The molecule has 2 N–H and O–H groups in total. The molecule has 2 aliphatic rings. The molecule has 5 nitrogen and oxygen atoms in total. The zero-order valence-corrected chi connectivity index (χ0v) is 18.1. The molecule has 0 aliphatic carbocycles. The summed E-state index contributed by atoms with van der Waals surface area (Å²) in [5.74, 6) is 1.48. The largest absolute Gasteiger partial charge is 0.444 e. The monoisotopic (exact) mass is 403 g/mol. The van der Waals surface area contributed by atoms with Crippen LogP contribution in [-0.4, -0.2) is 47.8 Å². The standard InChI is InChI=1S/C22H33N3O2S/c1-22(2,3)27-21(26)25-14-10-17(11-15-25)16-8-12-24(13-9-16)19-6-4-18(5-7-19)20(23)28/h4-7,16-17H,8-15H2,1-3H3,(H2,23,28). The summed E-state index contributed by atoms with van der Waals surface area (Å²) in [5.41, 5.74) is 7.43. The lowest BCUT2D eigenvalue weighted by molar-refractivity contribution is 0.0152. The number of carbonyl (C=O) groups is 1. The van der Waals surface area contributed by atoms with Crippen molar-refractivity contribution in [3.8, 4) is 0 Å². The Morgan fingerprint density at radius 3 is 1.96 bits per heavy atom. The molecule has 3 rings (SSSR count). The average Bonchev–Trinajstić information content (AvgIpc) is 2.67. The summed E-state index contributed by atoms with van der Waals surface area (Å²) in [5, 5.41) is 0. The molecule has 28 heavy (non-hydrogen) atoms. The van der Waals surface area contributed by atoms with Crippen molar-refractivity contribution in [3.05, 3.63) is 29.8 Å². The van der Waals surface area contributed by atoms with Crippen LogP contribution in [0.15, 0.2) is 24.3 Å². The summed E-state index contributed by atoms with van der Waals surface area (Å²) in [7, 11) is 0. The number of piperidine rings is 2. The third kappa shape index (κ3) is 5.37. The van der Waals surface area contributed by atoms with Crippen LogP contribution in [0.2, 0.25) is 0 Å². The van der Waals surface area contributed by atoms with Crippen LogP contribution >= 0.6 is 12.2 Å². The van der Waals surface area contributed by atoms with Gasteiger partial charge in [-0.25, -0.2) is 4.79 Å². The van der Waals surface area contributed by atoms with Gasteiger partial charge in [0.05, 0.1) is 0 Å². The number of ether oxygens (including phenoxy) is 1. The highest BCUT2D eigenvalue weighted by Gasteiger charge is 2.32. The molecule has 0 spiro atoms. The molecule has 1 aromatic carbocycles. The smallest absolute Gasteiger partial charge is 0.410 e. The number of thiocarbonyl (C=S) groups is 1. The second-order valence-corrected chi connectivity index (χ2v) is 9.48. The maximum absolute atomic E-state index is 12.2. The van der Waals surface area contributed by atoms with Crippen LogP contribution in [-0.2, 0) is 4.74 Å². The molecule has 154 valence electrons. The molecular formula is C22H33N3O2S. The van der Waals surface area contributed by atoms with Gasteiger partial charge < -0.3 is 20.3 Å². The van der Waals surface area contributed by atoms with Gasteiger partial charge in [-0.1, -0.05) is 12.2 Å². The fourth-order valence-electron chi connectivity index (χ4n) is 4.35. The Morgan fingerprint density at radius 2 is 1.50 bits per heavy atom. The van der Waals surface area contributed by atoms with Crippen molar-refractivity contribution in [2.45, 2.75) is 52.1 Å². The van der Waals surface area contributed by atoms with E-state index >= 15 is 0 Å². The van der Waals surface area contributed by atoms with Crippen molar-refractivity contribution in [1.29, 1.82) is 0 Å². The van der Waals surface area contributed by atoms with Gasteiger partial charge in [0.25, 0.3) is 0 Å². The van der Waals surface area contributed by atoms with E-state index in [4.69, 9.17) is 22.7 Å². The first kappa shape index (κ1) is 20.9. The minimum Gasteiger partial charge on any atom is -0.444 e. The summed E-state index contributed by atoms with van der Waals surface area (Å²) < 4.78 is 5.51. The molecule has 6 heteroatoms. The number of anilines is 1. The van der Waals surface area contributed by atoms with Gasteiger partial charge in [0, 0.05) is 37.4 Å². The number of carbonyl (C=O) groups excluding carboxylic acids is 1. The Labute approximate surface area is 174 Å². The van der Waals surface area contributed by atoms with E-state index < -0.39 is 5.60 Å². The van der Waals surface area contributed by atoms with Gasteiger partial charge in [0.2, 0.25) is 0 Å². The molecule has 1 aromatic rings. The van der Waals surface area contributed by atoms with Crippen LogP contribution in [0.3, 0.4) is 0 Å². The second-order valence-electron chi connectivity index (χ2n) is 9.04. The molecule has 1 amide bonds. The Kier molecular flexibility index (Phi) is 6.48. The summed E-state index contributed by atoms with van der Waals surface area (Å²) >= 11 is 5.03. The second kappa shape index (κ2) is 8.68. The number of rotatable bonds is 3. The predicted octanol–water partition coefficient (Wildman–Crippen LogP) is 4.18. The normalized spacial score (nSPS) is 19.5. The highest BCUT2D eigenvalue weighted by molar-refractivity contribution is 7.80. The molecule has 0 unspecified atom stereocenters. The number of amides is 1. The van der Waals surface area contributed by atoms with Crippen molar-refractivity contribution in [1.82, 2.24) is 4.90 Å². The minimum atomic E-state index is -0.423. The van der Waals surface area contributed by atoms with Crippen molar-refractivity contribution in [2.24, 2.45) is 17.6 Å². The maximum Gasteiger partial charge on any atom is 0.410 e. The van der Waals surface area contributed by atoms with Crippen molar-refractivity contribution in [2.75, 3.05) is 31.1 Å². The van der Waals surface area contributed by atoms with Gasteiger partial charge >= 0.3 is 6.09 Å². The predicted molar refractivity (Wildman–Crippen MR) is 118 cm³/mol. The quantitative estimate of drug-likeness (QED) is 0.767. The van der Waals surface area contributed by atoms with Gasteiger partial charge in [-0.2, -0.15) is 0 Å². The molecule has 0 aromatic heterocycles. The van der Waals surface area contributed by atoms with E-state index in [0.29, 0.717) is 4.99 Å². The Bertz CT molecular complexity index is 683. The fraction of sp³-hybridized carbons (Fsp3) is 0.636. The molecule has 0 radical (unpaired) electrons. The maximum atomic E-state index is 12.2. The van der Waals surface area contributed by atoms with E-state index in [9.17, 15) is 4.79 Å². The highest BCUT2D eigenvalue weighted by Crippen LogP contribution is 2.34. The number of hydrogen-bond donors (Lipinski definition) is 1. The van der Waals surface area contributed by atoms with Crippen LogP contribution in [0.1, 0.15) is 52.0 Å². The van der Waals surface area contributed by atoms with E-state index in [1.54, 1.807) is 0 Å². The van der Waals surface area contributed by atoms with Gasteiger partial charge in [0.1, 0.15) is 10.6 Å². The SMILES string of the molecule is CC(C)(C)OC(=O)N1CCC(C2CCN(c3ccc(C(N)=S)cc3)CC2)CC1. The number of hydrogen-bond acceptors (Lipinski definition) is 4. The number of nitrogens with zero attached hydrogens (tertiary/aromatic N) is 2. The molecule has 2 fully saturated rings. The van der Waals surface area contributed by atoms with Crippen LogP contribution in [0.5, 0.6) is 0 Å². The Morgan fingerprint density at radius 1 is 1.00 bits per heavy atom. The minimum absolute atomic E-state index is 0.166. The van der Waals surface area contributed by atoms with Crippen LogP contribution in [0, 0.1) is 11.8 Å². The van der Waals surface area contributed by atoms with Gasteiger partial charge in [0.15, 0.2) is 0 Å². The average molecular weight is 404 g/mol. The molecule has 2 heterocycles. The zero-order chi connectivity index (χ0) is 20.3. The van der Waals surface area contributed by atoms with Crippen molar-refractivity contribution < 1.29 is 9.53 Å². The lowest BCUT2D eigenvalue weighted by atomic mass is 9.79. The first-order chi connectivity index (χ1) is 13.2. The van der Waals surface area contributed by atoms with E-state index in [2.05, 4.69) is 17.0 Å². The topological polar surface area (TPSA) is 58.8 Å². The highest BCUT2D eigenvalue weighted by atomic mass is 32.1. The lowest BCUT2D eigenvalue weighted by Crippen LogP contribution is -2.44. The summed E-state index contributed by atoms with van der Waals surface area (Å²) in [4.78, 5) is 17.0. The first-order valence-electron chi connectivity index (χ1n) is 10.4. The first-order valence-corrected chi connectivity index (χ1v) is 10.8. The molecule has 2 aliphatic heterocycles. The van der Waals surface area contributed by atoms with Crippen molar-refractivity contribution in [3.63, 3.8) is 0 Å². The number of benzene rings is 1. The van der Waals surface area contributed by atoms with E-state index in [1.165, 1.54) is 18.5 Å². The molecular weight excluding hydrogens is 370 g/mol. The van der Waals surface area contributed by atoms with E-state index in [0.717, 1.165) is 56.4 Å². The molecule has 0 saturated carbocycles. The molecule has 2 saturated heterocycles. The van der Waals surface area contributed by atoms with Gasteiger partial charge in [-0.05, 0) is 82.6 Å². The van der Waals surface area contributed by atoms with Crippen molar-refractivity contribution >= 4 is 29.0 Å². The fourth-order valence-corrected chi connectivity index (χ4v) is 4.48. The van der Waals surface area contributed by atoms with Crippen LogP contribution in [0.25, 0.3) is 0 Å². The van der Waals surface area contributed by atoms with Crippen LogP contribution < -0.4 is 10.6 Å². The summed E-state index contributed by atoms with van der Waals surface area (Å²) in [6.45, 7) is 9.57. The Balaban J connectivity index is 1.46. The van der Waals surface area contributed by atoms with E-state index in [-0.39, 0.29) is 6.09 Å². The lowest BCUT2D eigenvalue weighted by Gasteiger charge is -2.41. The Hall–Kier alpha value is -1.82. The van der Waals surface area contributed by atoms with Crippen LogP contribution in [0.4, 0.5) is 10.5 Å².